The maximum Gasteiger partial charge on any atom is 0.326 e. The summed E-state index contributed by atoms with van der Waals surface area (Å²) in [4.78, 5) is 12.0. The molecule has 1 saturated carbocycles. The normalized spacial score (nSPS) is 18.3. The number of benzene rings is 1. The van der Waals surface area contributed by atoms with Crippen molar-refractivity contribution in [2.45, 2.75) is 44.2 Å². The molecule has 1 aliphatic carbocycles. The molecule has 0 spiro atoms. The number of hydrogen-bond donors (Lipinski definition) is 1. The highest BCUT2D eigenvalue weighted by Crippen LogP contribution is 2.27. The van der Waals surface area contributed by atoms with Crippen LogP contribution in [-0.4, -0.2) is 11.5 Å². The van der Waals surface area contributed by atoms with Gasteiger partial charge in [0, 0.05) is 4.47 Å². The number of carbonyl (C=O) groups is 1. The second kappa shape index (κ2) is 5.85. The lowest BCUT2D eigenvalue weighted by Crippen LogP contribution is -2.50. The van der Waals surface area contributed by atoms with Crippen molar-refractivity contribution in [3.63, 3.8) is 0 Å². The molecule has 0 atom stereocenters. The first-order chi connectivity index (χ1) is 8.60. The van der Waals surface area contributed by atoms with Crippen LogP contribution >= 0.6 is 15.9 Å². The van der Waals surface area contributed by atoms with Crippen LogP contribution in [0.5, 0.6) is 0 Å². The Hall–Kier alpha value is -0.870. The lowest BCUT2D eigenvalue weighted by Gasteiger charge is -2.30. The van der Waals surface area contributed by atoms with Gasteiger partial charge in [0.2, 0.25) is 0 Å². The lowest BCUT2D eigenvalue weighted by atomic mass is 9.83. The molecule has 1 fully saturated rings. The van der Waals surface area contributed by atoms with Crippen LogP contribution < -0.4 is 5.73 Å². The molecular formula is C14H18BrNO2. The third kappa shape index (κ3) is 3.33. The summed E-state index contributed by atoms with van der Waals surface area (Å²) in [6.07, 6.45) is 4.68. The largest absolute Gasteiger partial charge is 0.459 e. The number of esters is 1. The Morgan fingerprint density at radius 3 is 2.72 bits per heavy atom. The van der Waals surface area contributed by atoms with Crippen molar-refractivity contribution in [3.8, 4) is 0 Å². The number of carbonyl (C=O) groups excluding carboxylic acids is 1. The van der Waals surface area contributed by atoms with Crippen molar-refractivity contribution in [2.75, 3.05) is 0 Å². The number of ether oxygens (including phenoxy) is 1. The van der Waals surface area contributed by atoms with Gasteiger partial charge in [-0.1, -0.05) is 47.3 Å². The van der Waals surface area contributed by atoms with Crippen molar-refractivity contribution in [1.29, 1.82) is 0 Å². The van der Waals surface area contributed by atoms with Crippen LogP contribution in [-0.2, 0) is 16.1 Å². The fourth-order valence-corrected chi connectivity index (χ4v) is 2.75. The molecule has 3 nitrogen and oxygen atoms in total. The van der Waals surface area contributed by atoms with E-state index in [0.29, 0.717) is 0 Å². The Morgan fingerprint density at radius 2 is 2.06 bits per heavy atom. The minimum atomic E-state index is -0.760. The average molecular weight is 312 g/mol. The first kappa shape index (κ1) is 13.6. The first-order valence-corrected chi connectivity index (χ1v) is 7.10. The Kier molecular flexibility index (Phi) is 4.40. The van der Waals surface area contributed by atoms with Crippen LogP contribution in [0.2, 0.25) is 0 Å². The molecule has 1 aliphatic rings. The van der Waals surface area contributed by atoms with Crippen molar-refractivity contribution in [3.05, 3.63) is 34.3 Å². The summed E-state index contributed by atoms with van der Waals surface area (Å²) in [6.45, 7) is 0.289. The molecule has 1 aromatic rings. The van der Waals surface area contributed by atoms with E-state index in [0.717, 1.165) is 42.1 Å². The van der Waals surface area contributed by atoms with Gasteiger partial charge in [-0.05, 0) is 30.5 Å². The molecule has 0 unspecified atom stereocenters. The second-order valence-corrected chi connectivity index (χ2v) is 5.84. The predicted octanol–water partition coefficient (Wildman–Crippen LogP) is 3.15. The molecule has 0 aromatic heterocycles. The molecule has 2 rings (SSSR count). The van der Waals surface area contributed by atoms with Gasteiger partial charge in [-0.2, -0.15) is 0 Å². The summed E-state index contributed by atoms with van der Waals surface area (Å²) in [6, 6.07) is 7.74. The molecule has 0 amide bonds. The van der Waals surface area contributed by atoms with Gasteiger partial charge in [-0.25, -0.2) is 0 Å². The molecular weight excluding hydrogens is 294 g/mol. The van der Waals surface area contributed by atoms with Gasteiger partial charge in [0.15, 0.2) is 0 Å². The molecule has 18 heavy (non-hydrogen) atoms. The smallest absolute Gasteiger partial charge is 0.326 e. The lowest BCUT2D eigenvalue weighted by molar-refractivity contribution is -0.152. The maximum absolute atomic E-state index is 12.0. The van der Waals surface area contributed by atoms with Crippen molar-refractivity contribution >= 4 is 21.9 Å². The number of halogens is 1. The maximum atomic E-state index is 12.0. The highest BCUT2D eigenvalue weighted by molar-refractivity contribution is 9.10. The minimum absolute atomic E-state index is 0.262. The van der Waals surface area contributed by atoms with E-state index in [1.165, 1.54) is 0 Å². The molecule has 0 aliphatic heterocycles. The van der Waals surface area contributed by atoms with E-state index < -0.39 is 5.54 Å². The Labute approximate surface area is 116 Å². The second-order valence-electron chi connectivity index (χ2n) is 4.92. The third-order valence-corrected chi connectivity index (χ3v) is 3.90. The van der Waals surface area contributed by atoms with Gasteiger partial charge >= 0.3 is 5.97 Å². The zero-order valence-electron chi connectivity index (χ0n) is 10.3. The van der Waals surface area contributed by atoms with Crippen LogP contribution in [0.25, 0.3) is 0 Å². The minimum Gasteiger partial charge on any atom is -0.459 e. The van der Waals surface area contributed by atoms with Gasteiger partial charge in [-0.3, -0.25) is 4.79 Å². The van der Waals surface area contributed by atoms with Crippen LogP contribution in [0.4, 0.5) is 0 Å². The van der Waals surface area contributed by atoms with E-state index in [1.54, 1.807) is 0 Å². The van der Waals surface area contributed by atoms with Gasteiger partial charge in [0.1, 0.15) is 12.1 Å². The number of nitrogens with two attached hydrogens (primary N) is 1. The zero-order valence-corrected chi connectivity index (χ0v) is 11.9. The van der Waals surface area contributed by atoms with E-state index in [1.807, 2.05) is 24.3 Å². The molecule has 4 heteroatoms. The summed E-state index contributed by atoms with van der Waals surface area (Å²) in [5, 5.41) is 0. The Bertz CT molecular complexity index is 428. The molecule has 0 bridgehead atoms. The van der Waals surface area contributed by atoms with Crippen LogP contribution in [0, 0.1) is 0 Å². The standard InChI is InChI=1S/C14H18BrNO2/c15-12-6-4-5-11(9-12)10-18-13(17)14(16)7-2-1-3-8-14/h4-6,9H,1-3,7-8,10,16H2. The van der Waals surface area contributed by atoms with Crippen molar-refractivity contribution in [2.24, 2.45) is 5.73 Å². The number of hydrogen-bond acceptors (Lipinski definition) is 3. The zero-order chi connectivity index (χ0) is 13.0. The fraction of sp³-hybridized carbons (Fsp3) is 0.500. The van der Waals surface area contributed by atoms with Gasteiger partial charge in [0.05, 0.1) is 0 Å². The van der Waals surface area contributed by atoms with Gasteiger partial charge in [0.25, 0.3) is 0 Å². The summed E-state index contributed by atoms with van der Waals surface area (Å²) in [7, 11) is 0. The summed E-state index contributed by atoms with van der Waals surface area (Å²) in [5.41, 5.74) is 6.32. The fourth-order valence-electron chi connectivity index (χ4n) is 2.31. The van der Waals surface area contributed by atoms with Gasteiger partial charge in [-0.15, -0.1) is 0 Å². The molecule has 0 saturated heterocycles. The van der Waals surface area contributed by atoms with E-state index in [2.05, 4.69) is 15.9 Å². The molecule has 0 heterocycles. The van der Waals surface area contributed by atoms with E-state index in [9.17, 15) is 4.79 Å². The van der Waals surface area contributed by atoms with Crippen LogP contribution in [0.15, 0.2) is 28.7 Å². The quantitative estimate of drug-likeness (QED) is 0.872. The Morgan fingerprint density at radius 1 is 1.33 bits per heavy atom. The highest BCUT2D eigenvalue weighted by Gasteiger charge is 2.36. The van der Waals surface area contributed by atoms with Crippen molar-refractivity contribution in [1.82, 2.24) is 0 Å². The molecule has 1 aromatic carbocycles. The van der Waals surface area contributed by atoms with Crippen molar-refractivity contribution < 1.29 is 9.53 Å². The summed E-state index contributed by atoms with van der Waals surface area (Å²) < 4.78 is 6.32. The molecule has 2 N–H and O–H groups in total. The summed E-state index contributed by atoms with van der Waals surface area (Å²) in [5.74, 6) is -0.262. The predicted molar refractivity (Wildman–Crippen MR) is 73.9 cm³/mol. The monoisotopic (exact) mass is 311 g/mol. The summed E-state index contributed by atoms with van der Waals surface area (Å²) >= 11 is 3.39. The van der Waals surface area contributed by atoms with E-state index in [-0.39, 0.29) is 12.6 Å². The van der Waals surface area contributed by atoms with E-state index >= 15 is 0 Å². The Balaban J connectivity index is 1.91. The number of rotatable bonds is 3. The average Bonchev–Trinajstić information content (AvgIpc) is 2.37. The van der Waals surface area contributed by atoms with Crippen LogP contribution in [0.1, 0.15) is 37.7 Å². The molecule has 98 valence electrons. The molecule has 0 radical (unpaired) electrons. The SMILES string of the molecule is NC1(C(=O)OCc2cccc(Br)c2)CCCCC1. The highest BCUT2D eigenvalue weighted by atomic mass is 79.9. The third-order valence-electron chi connectivity index (χ3n) is 3.41. The van der Waals surface area contributed by atoms with Gasteiger partial charge < -0.3 is 10.5 Å². The van der Waals surface area contributed by atoms with Crippen LogP contribution in [0.3, 0.4) is 0 Å². The van der Waals surface area contributed by atoms with E-state index in [4.69, 9.17) is 10.5 Å². The topological polar surface area (TPSA) is 52.3 Å². The first-order valence-electron chi connectivity index (χ1n) is 6.31.